The summed E-state index contributed by atoms with van der Waals surface area (Å²) < 4.78 is 28.2. The number of hydrogen-bond acceptors (Lipinski definition) is 3. The highest BCUT2D eigenvalue weighted by molar-refractivity contribution is 7.92. The molecule has 0 aromatic heterocycles. The summed E-state index contributed by atoms with van der Waals surface area (Å²) in [4.78, 5) is 13.1. The highest BCUT2D eigenvalue weighted by Gasteiger charge is 2.40. The van der Waals surface area contributed by atoms with Crippen molar-refractivity contribution in [1.82, 2.24) is 5.32 Å². The quantitative estimate of drug-likeness (QED) is 0.712. The second-order valence-electron chi connectivity index (χ2n) is 8.60. The van der Waals surface area contributed by atoms with Crippen molar-refractivity contribution in [2.75, 3.05) is 10.8 Å². The number of hydrogen-bond donors (Lipinski definition) is 1. The molecule has 0 radical (unpaired) electrons. The van der Waals surface area contributed by atoms with Gasteiger partial charge in [0.2, 0.25) is 5.91 Å². The van der Waals surface area contributed by atoms with Gasteiger partial charge in [0.05, 0.1) is 10.6 Å². The van der Waals surface area contributed by atoms with E-state index in [1.165, 1.54) is 17.1 Å². The first kappa shape index (κ1) is 21.2. The van der Waals surface area contributed by atoms with Crippen molar-refractivity contribution >= 4 is 33.2 Å². The van der Waals surface area contributed by atoms with Crippen molar-refractivity contribution in [1.29, 1.82) is 0 Å². The molecule has 30 heavy (non-hydrogen) atoms. The van der Waals surface area contributed by atoms with Gasteiger partial charge < -0.3 is 5.32 Å². The smallest absolute Gasteiger partial charge is 0.264 e. The molecule has 3 atom stereocenters. The lowest BCUT2D eigenvalue weighted by molar-refractivity contribution is -0.120. The van der Waals surface area contributed by atoms with Gasteiger partial charge in [-0.3, -0.25) is 9.10 Å². The average Bonchev–Trinajstić information content (AvgIpc) is 3.31. The van der Waals surface area contributed by atoms with Crippen LogP contribution in [0.3, 0.4) is 0 Å². The maximum atomic E-state index is 13.5. The minimum atomic E-state index is -3.94. The van der Waals surface area contributed by atoms with Gasteiger partial charge in [-0.1, -0.05) is 41.8 Å². The van der Waals surface area contributed by atoms with E-state index < -0.39 is 10.0 Å². The number of rotatable bonds is 6. The molecular weight excluding hydrogens is 420 g/mol. The molecule has 0 saturated heterocycles. The number of nitrogens with zero attached hydrogens (tertiary/aromatic N) is 1. The SMILES string of the molecule is Cc1ccc(S(=O)(=O)N(CC(=O)N[C@H]2C[C@H]3CC[C@H]2C3)c2cc(Cl)ccc2C)cc1. The zero-order valence-electron chi connectivity index (χ0n) is 17.3. The number of carbonyl (C=O) groups excluding carboxylic acids is 1. The Labute approximate surface area is 183 Å². The van der Waals surface area contributed by atoms with Crippen molar-refractivity contribution in [3.05, 3.63) is 58.6 Å². The largest absolute Gasteiger partial charge is 0.352 e. The summed E-state index contributed by atoms with van der Waals surface area (Å²) >= 11 is 6.17. The lowest BCUT2D eigenvalue weighted by Gasteiger charge is -2.28. The average molecular weight is 447 g/mol. The van der Waals surface area contributed by atoms with Gasteiger partial charge in [-0.15, -0.1) is 0 Å². The summed E-state index contributed by atoms with van der Waals surface area (Å²) in [7, 11) is -3.94. The van der Waals surface area contributed by atoms with E-state index in [4.69, 9.17) is 11.6 Å². The second-order valence-corrected chi connectivity index (χ2v) is 10.9. The third-order valence-corrected chi connectivity index (χ3v) is 8.43. The zero-order chi connectivity index (χ0) is 21.5. The molecule has 1 N–H and O–H groups in total. The lowest BCUT2D eigenvalue weighted by atomic mass is 9.95. The zero-order valence-corrected chi connectivity index (χ0v) is 18.8. The molecule has 4 rings (SSSR count). The molecule has 160 valence electrons. The molecule has 0 heterocycles. The monoisotopic (exact) mass is 446 g/mol. The van der Waals surface area contributed by atoms with Gasteiger partial charge in [0.15, 0.2) is 0 Å². The number of amides is 1. The minimum Gasteiger partial charge on any atom is -0.352 e. The Hall–Kier alpha value is -2.05. The van der Waals surface area contributed by atoms with Crippen molar-refractivity contribution < 1.29 is 13.2 Å². The van der Waals surface area contributed by atoms with Crippen LogP contribution >= 0.6 is 11.6 Å². The summed E-state index contributed by atoms with van der Waals surface area (Å²) in [6, 6.07) is 11.9. The molecule has 2 aromatic rings. The third-order valence-electron chi connectivity index (χ3n) is 6.42. The molecule has 2 fully saturated rings. The van der Waals surface area contributed by atoms with Crippen LogP contribution < -0.4 is 9.62 Å². The summed E-state index contributed by atoms with van der Waals surface area (Å²) in [5.41, 5.74) is 2.13. The van der Waals surface area contributed by atoms with Crippen LogP contribution in [-0.4, -0.2) is 26.9 Å². The van der Waals surface area contributed by atoms with Gasteiger partial charge in [-0.2, -0.15) is 0 Å². The van der Waals surface area contributed by atoms with Gasteiger partial charge in [0.25, 0.3) is 10.0 Å². The van der Waals surface area contributed by atoms with E-state index in [1.54, 1.807) is 42.5 Å². The van der Waals surface area contributed by atoms with Crippen LogP contribution in [-0.2, 0) is 14.8 Å². The van der Waals surface area contributed by atoms with E-state index >= 15 is 0 Å². The fourth-order valence-corrected chi connectivity index (χ4v) is 6.44. The second kappa shape index (κ2) is 8.23. The van der Waals surface area contributed by atoms with Crippen molar-refractivity contribution in [2.24, 2.45) is 11.8 Å². The number of benzene rings is 2. The van der Waals surface area contributed by atoms with Crippen molar-refractivity contribution in [3.8, 4) is 0 Å². The first-order valence-corrected chi connectivity index (χ1v) is 12.2. The number of halogens is 1. The van der Waals surface area contributed by atoms with E-state index in [0.717, 1.165) is 24.0 Å². The number of sulfonamides is 1. The number of nitrogens with one attached hydrogen (secondary N) is 1. The molecule has 2 bridgehead atoms. The topological polar surface area (TPSA) is 66.5 Å². The van der Waals surface area contributed by atoms with Crippen LogP contribution in [0.2, 0.25) is 5.02 Å². The van der Waals surface area contributed by atoms with Crippen molar-refractivity contribution in [2.45, 2.75) is 50.5 Å². The normalized spacial score (nSPS) is 22.8. The summed E-state index contributed by atoms with van der Waals surface area (Å²) in [5.74, 6) is 0.944. The Morgan fingerprint density at radius 3 is 2.47 bits per heavy atom. The first-order chi connectivity index (χ1) is 14.2. The van der Waals surface area contributed by atoms with Gasteiger partial charge in [0.1, 0.15) is 6.54 Å². The van der Waals surface area contributed by atoms with Crippen LogP contribution in [0.5, 0.6) is 0 Å². The molecule has 0 aliphatic heterocycles. The minimum absolute atomic E-state index is 0.153. The maximum Gasteiger partial charge on any atom is 0.264 e. The van der Waals surface area contributed by atoms with Crippen LogP contribution in [0.4, 0.5) is 5.69 Å². The highest BCUT2D eigenvalue weighted by Crippen LogP contribution is 2.44. The Morgan fingerprint density at radius 1 is 1.10 bits per heavy atom. The summed E-state index contributed by atoms with van der Waals surface area (Å²) in [6.45, 7) is 3.44. The van der Waals surface area contributed by atoms with E-state index in [1.807, 2.05) is 13.8 Å². The molecule has 1 amide bonds. The molecule has 2 aromatic carbocycles. The standard InChI is InChI=1S/C23H27ClN2O3S/c1-15-3-9-20(10-4-15)30(28,29)26(22-13-19(24)8-5-16(22)2)14-23(27)25-21-12-17-6-7-18(21)11-17/h3-5,8-10,13,17-18,21H,6-7,11-12,14H2,1-2H3,(H,25,27)/t17-,18-,21-/m0/s1. The lowest BCUT2D eigenvalue weighted by Crippen LogP contribution is -2.46. The Morgan fingerprint density at radius 2 is 1.83 bits per heavy atom. The fraction of sp³-hybridized carbons (Fsp3) is 0.435. The van der Waals surface area contributed by atoms with Crippen LogP contribution in [0.15, 0.2) is 47.4 Å². The Balaban J connectivity index is 1.64. The first-order valence-electron chi connectivity index (χ1n) is 10.4. The summed E-state index contributed by atoms with van der Waals surface area (Å²) in [5, 5.41) is 3.52. The van der Waals surface area contributed by atoms with Gasteiger partial charge in [0, 0.05) is 11.1 Å². The molecular formula is C23H27ClN2O3S. The van der Waals surface area contributed by atoms with E-state index in [0.29, 0.717) is 22.5 Å². The van der Waals surface area contributed by atoms with Crippen LogP contribution in [0, 0.1) is 25.7 Å². The molecule has 0 spiro atoms. The maximum absolute atomic E-state index is 13.5. The number of carbonyl (C=O) groups is 1. The molecule has 2 aliphatic rings. The molecule has 2 saturated carbocycles. The number of aryl methyl sites for hydroxylation is 2. The van der Waals surface area contributed by atoms with Crippen LogP contribution in [0.25, 0.3) is 0 Å². The number of anilines is 1. The fourth-order valence-electron chi connectivity index (χ4n) is 4.79. The van der Waals surface area contributed by atoms with E-state index in [9.17, 15) is 13.2 Å². The Kier molecular flexibility index (Phi) is 5.82. The van der Waals surface area contributed by atoms with E-state index in [-0.39, 0.29) is 23.4 Å². The van der Waals surface area contributed by atoms with Crippen molar-refractivity contribution in [3.63, 3.8) is 0 Å². The summed E-state index contributed by atoms with van der Waals surface area (Å²) in [6.07, 6.45) is 4.56. The molecule has 7 heteroatoms. The molecule has 2 aliphatic carbocycles. The van der Waals surface area contributed by atoms with Gasteiger partial charge in [-0.05, 0) is 74.8 Å². The predicted octanol–water partition coefficient (Wildman–Crippen LogP) is 4.46. The highest BCUT2D eigenvalue weighted by atomic mass is 35.5. The van der Waals surface area contributed by atoms with Gasteiger partial charge in [-0.25, -0.2) is 8.42 Å². The molecule has 5 nitrogen and oxygen atoms in total. The molecule has 0 unspecified atom stereocenters. The van der Waals surface area contributed by atoms with Crippen LogP contribution in [0.1, 0.15) is 36.8 Å². The Bertz CT molecular complexity index is 1050. The predicted molar refractivity (Wildman–Crippen MR) is 119 cm³/mol. The third kappa shape index (κ3) is 4.21. The number of fused-ring (bicyclic) bond motifs is 2. The van der Waals surface area contributed by atoms with Gasteiger partial charge >= 0.3 is 0 Å². The van der Waals surface area contributed by atoms with E-state index in [2.05, 4.69) is 5.32 Å².